The molecule has 3 nitrogen and oxygen atoms in total. The van der Waals surface area contributed by atoms with Crippen molar-refractivity contribution in [3.05, 3.63) is 53.3 Å². The molecule has 1 N–H and O–H groups in total. The van der Waals surface area contributed by atoms with Crippen LogP contribution in [0.5, 0.6) is 0 Å². The number of nitrogens with zero attached hydrogens (tertiary/aromatic N) is 2. The van der Waals surface area contributed by atoms with E-state index in [4.69, 9.17) is 0 Å². The molecule has 1 heterocycles. The van der Waals surface area contributed by atoms with Crippen molar-refractivity contribution in [2.45, 2.75) is 45.8 Å². The Morgan fingerprint density at radius 3 is 2.68 bits per heavy atom. The number of rotatable bonds is 6. The van der Waals surface area contributed by atoms with Crippen molar-refractivity contribution in [1.29, 1.82) is 0 Å². The summed E-state index contributed by atoms with van der Waals surface area (Å²) in [6.45, 7) is 5.11. The number of aryl methyl sites for hydroxylation is 3. The van der Waals surface area contributed by atoms with Gasteiger partial charge in [-0.15, -0.1) is 0 Å². The zero-order chi connectivity index (χ0) is 13.7. The Hall–Kier alpha value is -1.61. The van der Waals surface area contributed by atoms with Gasteiger partial charge in [0, 0.05) is 18.3 Å². The Morgan fingerprint density at radius 1 is 1.26 bits per heavy atom. The second-order valence-corrected chi connectivity index (χ2v) is 5.08. The van der Waals surface area contributed by atoms with Crippen LogP contribution in [0.3, 0.4) is 0 Å². The maximum Gasteiger partial charge on any atom is 0.0823 e. The molecule has 1 aromatic carbocycles. The minimum atomic E-state index is -0.424. The molecule has 0 spiro atoms. The van der Waals surface area contributed by atoms with Gasteiger partial charge in [-0.05, 0) is 31.7 Å². The van der Waals surface area contributed by atoms with Crippen LogP contribution >= 0.6 is 0 Å². The first-order valence-corrected chi connectivity index (χ1v) is 6.95. The first-order valence-electron chi connectivity index (χ1n) is 6.95. The standard InChI is InChI=1S/C16H22N2O/c1-3-10-18-12-15(11-17-18)16(19)9-8-14-6-4-13(2)5-7-14/h4-7,11-12,16,19H,3,8-10H2,1-2H3. The minimum Gasteiger partial charge on any atom is -0.388 e. The molecular formula is C16H22N2O. The van der Waals surface area contributed by atoms with Gasteiger partial charge in [0.2, 0.25) is 0 Å². The van der Waals surface area contributed by atoms with E-state index in [-0.39, 0.29) is 0 Å². The van der Waals surface area contributed by atoms with Crippen LogP contribution in [0.2, 0.25) is 0 Å². The van der Waals surface area contributed by atoms with E-state index in [0.717, 1.165) is 31.4 Å². The van der Waals surface area contributed by atoms with Crippen molar-refractivity contribution in [1.82, 2.24) is 9.78 Å². The van der Waals surface area contributed by atoms with Crippen molar-refractivity contribution >= 4 is 0 Å². The summed E-state index contributed by atoms with van der Waals surface area (Å²) >= 11 is 0. The molecule has 0 aliphatic rings. The summed E-state index contributed by atoms with van der Waals surface area (Å²) in [6.07, 6.45) is 5.98. The van der Waals surface area contributed by atoms with Gasteiger partial charge in [-0.25, -0.2) is 0 Å². The molecule has 0 saturated heterocycles. The number of aliphatic hydroxyl groups excluding tert-OH is 1. The molecule has 3 heteroatoms. The highest BCUT2D eigenvalue weighted by Crippen LogP contribution is 2.18. The number of hydrogen-bond donors (Lipinski definition) is 1. The van der Waals surface area contributed by atoms with Crippen molar-refractivity contribution in [3.8, 4) is 0 Å². The van der Waals surface area contributed by atoms with E-state index in [0.29, 0.717) is 0 Å². The van der Waals surface area contributed by atoms with E-state index >= 15 is 0 Å². The highest BCUT2D eigenvalue weighted by molar-refractivity contribution is 5.21. The lowest BCUT2D eigenvalue weighted by molar-refractivity contribution is 0.167. The lowest BCUT2D eigenvalue weighted by atomic mass is 10.0. The molecule has 0 amide bonds. The normalized spacial score (nSPS) is 12.6. The number of benzene rings is 1. The average Bonchev–Trinajstić information content (AvgIpc) is 2.87. The van der Waals surface area contributed by atoms with E-state index in [1.807, 2.05) is 10.9 Å². The summed E-state index contributed by atoms with van der Waals surface area (Å²) in [5.74, 6) is 0. The molecule has 0 aliphatic carbocycles. The van der Waals surface area contributed by atoms with Gasteiger partial charge in [-0.1, -0.05) is 36.8 Å². The molecule has 1 aromatic heterocycles. The summed E-state index contributed by atoms with van der Waals surface area (Å²) in [6, 6.07) is 8.48. The second kappa shape index (κ2) is 6.53. The fraction of sp³-hybridized carbons (Fsp3) is 0.438. The van der Waals surface area contributed by atoms with Gasteiger partial charge in [0.05, 0.1) is 12.3 Å². The molecule has 2 rings (SSSR count). The van der Waals surface area contributed by atoms with Crippen molar-refractivity contribution < 1.29 is 5.11 Å². The Morgan fingerprint density at radius 2 is 2.00 bits per heavy atom. The molecule has 0 fully saturated rings. The summed E-state index contributed by atoms with van der Waals surface area (Å²) in [5, 5.41) is 14.4. The minimum absolute atomic E-state index is 0.424. The predicted molar refractivity (Wildman–Crippen MR) is 77.0 cm³/mol. The Kier molecular flexibility index (Phi) is 4.74. The zero-order valence-electron chi connectivity index (χ0n) is 11.7. The SMILES string of the molecule is CCCn1cc(C(O)CCc2ccc(C)cc2)cn1. The Balaban J connectivity index is 1.89. The smallest absolute Gasteiger partial charge is 0.0823 e. The maximum atomic E-state index is 10.2. The van der Waals surface area contributed by atoms with Crippen LogP contribution in [0.1, 0.15) is 42.6 Å². The Bertz CT molecular complexity index is 502. The van der Waals surface area contributed by atoms with Crippen LogP contribution in [0.25, 0.3) is 0 Å². The number of aliphatic hydroxyl groups is 1. The summed E-state index contributed by atoms with van der Waals surface area (Å²) < 4.78 is 1.89. The average molecular weight is 258 g/mol. The van der Waals surface area contributed by atoms with Gasteiger partial charge >= 0.3 is 0 Å². The molecule has 0 saturated carbocycles. The van der Waals surface area contributed by atoms with Gasteiger partial charge < -0.3 is 5.11 Å². The molecule has 19 heavy (non-hydrogen) atoms. The van der Waals surface area contributed by atoms with Crippen LogP contribution in [0.15, 0.2) is 36.7 Å². The van der Waals surface area contributed by atoms with Gasteiger partial charge in [0.1, 0.15) is 0 Å². The quantitative estimate of drug-likeness (QED) is 0.863. The van der Waals surface area contributed by atoms with Crippen molar-refractivity contribution in [2.24, 2.45) is 0 Å². The highest BCUT2D eigenvalue weighted by atomic mass is 16.3. The van der Waals surface area contributed by atoms with Gasteiger partial charge in [0.25, 0.3) is 0 Å². The molecule has 0 bridgehead atoms. The largest absolute Gasteiger partial charge is 0.388 e. The van der Waals surface area contributed by atoms with Gasteiger partial charge in [0.15, 0.2) is 0 Å². The van der Waals surface area contributed by atoms with E-state index in [1.54, 1.807) is 6.20 Å². The number of hydrogen-bond acceptors (Lipinski definition) is 2. The lowest BCUT2D eigenvalue weighted by Crippen LogP contribution is -1.99. The number of aromatic nitrogens is 2. The lowest BCUT2D eigenvalue weighted by Gasteiger charge is -2.08. The van der Waals surface area contributed by atoms with Gasteiger partial charge in [-0.2, -0.15) is 5.10 Å². The third-order valence-electron chi connectivity index (χ3n) is 3.32. The first-order chi connectivity index (χ1) is 9.19. The van der Waals surface area contributed by atoms with Crippen LogP contribution < -0.4 is 0 Å². The van der Waals surface area contributed by atoms with Crippen molar-refractivity contribution in [3.63, 3.8) is 0 Å². The van der Waals surface area contributed by atoms with Crippen LogP contribution in [-0.2, 0) is 13.0 Å². The predicted octanol–water partition coefficient (Wildman–Crippen LogP) is 3.27. The zero-order valence-corrected chi connectivity index (χ0v) is 11.7. The molecular weight excluding hydrogens is 236 g/mol. The first kappa shape index (κ1) is 13.8. The fourth-order valence-electron chi connectivity index (χ4n) is 2.13. The van der Waals surface area contributed by atoms with E-state index < -0.39 is 6.10 Å². The summed E-state index contributed by atoms with van der Waals surface area (Å²) in [5.41, 5.74) is 3.45. The monoisotopic (exact) mass is 258 g/mol. The summed E-state index contributed by atoms with van der Waals surface area (Å²) in [4.78, 5) is 0. The van der Waals surface area contributed by atoms with Crippen LogP contribution in [0.4, 0.5) is 0 Å². The fourth-order valence-corrected chi connectivity index (χ4v) is 2.13. The third-order valence-corrected chi connectivity index (χ3v) is 3.32. The summed E-state index contributed by atoms with van der Waals surface area (Å²) in [7, 11) is 0. The van der Waals surface area contributed by atoms with Crippen molar-refractivity contribution in [2.75, 3.05) is 0 Å². The molecule has 2 aromatic rings. The van der Waals surface area contributed by atoms with E-state index in [1.165, 1.54) is 11.1 Å². The molecule has 1 unspecified atom stereocenters. The molecule has 0 aliphatic heterocycles. The van der Waals surface area contributed by atoms with E-state index in [9.17, 15) is 5.11 Å². The highest BCUT2D eigenvalue weighted by Gasteiger charge is 2.10. The van der Waals surface area contributed by atoms with Crippen LogP contribution in [0, 0.1) is 6.92 Å². The van der Waals surface area contributed by atoms with Crippen LogP contribution in [-0.4, -0.2) is 14.9 Å². The molecule has 1 atom stereocenters. The Labute approximate surface area is 114 Å². The van der Waals surface area contributed by atoms with Gasteiger partial charge in [-0.3, -0.25) is 4.68 Å². The third kappa shape index (κ3) is 3.93. The second-order valence-electron chi connectivity index (χ2n) is 5.08. The maximum absolute atomic E-state index is 10.2. The topological polar surface area (TPSA) is 38.0 Å². The van der Waals surface area contributed by atoms with E-state index in [2.05, 4.69) is 43.2 Å². The molecule has 0 radical (unpaired) electrons. The molecule has 102 valence electrons.